The van der Waals surface area contributed by atoms with Crippen LogP contribution in [0.15, 0.2) is 24.3 Å². The van der Waals surface area contributed by atoms with Gasteiger partial charge in [0.15, 0.2) is 0 Å². The minimum atomic E-state index is -0.459. The summed E-state index contributed by atoms with van der Waals surface area (Å²) in [5, 5.41) is 0. The van der Waals surface area contributed by atoms with E-state index in [-0.39, 0.29) is 23.7 Å². The van der Waals surface area contributed by atoms with Crippen LogP contribution in [-0.4, -0.2) is 41.4 Å². The molecule has 6 heteroatoms. The number of nitrogens with two attached hydrogens (primary N) is 1. The molecule has 1 aromatic rings. The number of halogens is 1. The highest BCUT2D eigenvalue weighted by molar-refractivity contribution is 5.81. The number of carbonyl (C=O) groups is 2. The highest BCUT2D eigenvalue weighted by Gasteiger charge is 2.36. The minimum Gasteiger partial charge on any atom is -0.351 e. The Hall–Kier alpha value is -2.11. The highest BCUT2D eigenvalue weighted by atomic mass is 19.1. The van der Waals surface area contributed by atoms with E-state index in [4.69, 9.17) is 5.73 Å². The van der Waals surface area contributed by atoms with Crippen LogP contribution >= 0.6 is 0 Å². The van der Waals surface area contributed by atoms with Gasteiger partial charge in [0.05, 0.1) is 12.0 Å². The monoisotopic (exact) mass is 319 g/mol. The first-order valence-corrected chi connectivity index (χ1v) is 8.16. The second-order valence-corrected chi connectivity index (χ2v) is 6.36. The molecule has 2 N–H and O–H groups in total. The van der Waals surface area contributed by atoms with Crippen molar-refractivity contribution in [3.63, 3.8) is 0 Å². The maximum Gasteiger partial charge on any atom is 0.314 e. The van der Waals surface area contributed by atoms with Crippen molar-refractivity contribution in [3.8, 4) is 0 Å². The van der Waals surface area contributed by atoms with E-state index in [1.54, 1.807) is 17.0 Å². The molecule has 1 aromatic carbocycles. The van der Waals surface area contributed by atoms with Crippen LogP contribution in [0.1, 0.15) is 37.3 Å². The van der Waals surface area contributed by atoms with Gasteiger partial charge >= 0.3 is 6.03 Å². The highest BCUT2D eigenvalue weighted by Crippen LogP contribution is 2.34. The quantitative estimate of drug-likeness (QED) is 0.909. The molecular formula is C17H22FN3O2. The Balaban J connectivity index is 1.73. The van der Waals surface area contributed by atoms with Gasteiger partial charge in [-0.05, 0) is 43.4 Å². The number of piperidine rings is 1. The molecule has 5 nitrogen and oxygen atoms in total. The Morgan fingerprint density at radius 2 is 1.78 bits per heavy atom. The maximum atomic E-state index is 13.1. The molecule has 0 saturated carbocycles. The summed E-state index contributed by atoms with van der Waals surface area (Å²) in [6.07, 6.45) is 3.42. The van der Waals surface area contributed by atoms with Gasteiger partial charge in [0.25, 0.3) is 0 Å². The number of nitrogens with zero attached hydrogens (tertiary/aromatic N) is 2. The standard InChI is InChI=1S/C17H22FN3O2/c18-14-7-5-12(6-8-14)15-4-2-10-21(15)16(22)13-3-1-9-20(11-13)17(19)23/h5-8,13,15H,1-4,9-11H2,(H2,19,23)/t13-,15+/m0/s1. The molecule has 2 saturated heterocycles. The Bertz CT molecular complexity index is 590. The van der Waals surface area contributed by atoms with Gasteiger partial charge in [0, 0.05) is 19.6 Å². The van der Waals surface area contributed by atoms with E-state index in [1.165, 1.54) is 12.1 Å². The molecule has 2 atom stereocenters. The number of hydrogen-bond donors (Lipinski definition) is 1. The third kappa shape index (κ3) is 3.30. The number of hydrogen-bond acceptors (Lipinski definition) is 2. The van der Waals surface area contributed by atoms with E-state index in [1.807, 2.05) is 4.90 Å². The van der Waals surface area contributed by atoms with Crippen LogP contribution in [0.5, 0.6) is 0 Å². The van der Waals surface area contributed by atoms with Gasteiger partial charge in [0.2, 0.25) is 5.91 Å². The summed E-state index contributed by atoms with van der Waals surface area (Å²) in [6.45, 7) is 1.75. The first-order chi connectivity index (χ1) is 11.1. The molecule has 2 fully saturated rings. The number of benzene rings is 1. The van der Waals surface area contributed by atoms with E-state index in [9.17, 15) is 14.0 Å². The first kappa shape index (κ1) is 15.8. The Kier molecular flexibility index (Phi) is 4.50. The van der Waals surface area contributed by atoms with E-state index >= 15 is 0 Å². The van der Waals surface area contributed by atoms with Crippen molar-refractivity contribution in [2.24, 2.45) is 11.7 Å². The third-order valence-corrected chi connectivity index (χ3v) is 4.87. The van der Waals surface area contributed by atoms with Crippen LogP contribution in [0.25, 0.3) is 0 Å². The summed E-state index contributed by atoms with van der Waals surface area (Å²) in [6, 6.07) is 5.92. The summed E-state index contributed by atoms with van der Waals surface area (Å²) in [5.41, 5.74) is 6.31. The van der Waals surface area contributed by atoms with Crippen LogP contribution in [0, 0.1) is 11.7 Å². The summed E-state index contributed by atoms with van der Waals surface area (Å²) in [4.78, 5) is 27.7. The Morgan fingerprint density at radius 1 is 1.09 bits per heavy atom. The zero-order chi connectivity index (χ0) is 16.4. The van der Waals surface area contributed by atoms with Gasteiger partial charge < -0.3 is 15.5 Å². The molecule has 0 spiro atoms. The molecule has 0 bridgehead atoms. The van der Waals surface area contributed by atoms with Gasteiger partial charge in [-0.2, -0.15) is 0 Å². The zero-order valence-corrected chi connectivity index (χ0v) is 13.1. The Labute approximate surface area is 135 Å². The molecule has 124 valence electrons. The lowest BCUT2D eigenvalue weighted by Crippen LogP contribution is -2.48. The summed E-state index contributed by atoms with van der Waals surface area (Å²) in [5.74, 6) is -0.367. The average Bonchev–Trinajstić information content (AvgIpc) is 3.04. The number of primary amides is 1. The third-order valence-electron chi connectivity index (χ3n) is 4.87. The molecule has 0 radical (unpaired) electrons. The van der Waals surface area contributed by atoms with Gasteiger partial charge in [-0.3, -0.25) is 4.79 Å². The van der Waals surface area contributed by atoms with Crippen molar-refractivity contribution < 1.29 is 14.0 Å². The minimum absolute atomic E-state index is 0.00653. The summed E-state index contributed by atoms with van der Waals surface area (Å²) >= 11 is 0. The number of urea groups is 1. The SMILES string of the molecule is NC(=O)N1CCC[C@H](C(=O)N2CCC[C@@H]2c2ccc(F)cc2)C1. The first-order valence-electron chi connectivity index (χ1n) is 8.16. The van der Waals surface area contributed by atoms with Crippen LogP contribution in [0.2, 0.25) is 0 Å². The van der Waals surface area contributed by atoms with Crippen LogP contribution < -0.4 is 5.73 Å². The molecule has 2 aliphatic rings. The van der Waals surface area contributed by atoms with Crippen LogP contribution in [-0.2, 0) is 4.79 Å². The fraction of sp³-hybridized carbons (Fsp3) is 0.529. The smallest absolute Gasteiger partial charge is 0.314 e. The molecule has 0 aliphatic carbocycles. The van der Waals surface area contributed by atoms with E-state index in [0.717, 1.165) is 31.2 Å². The molecule has 0 aromatic heterocycles. The fourth-order valence-corrected chi connectivity index (χ4v) is 3.68. The lowest BCUT2D eigenvalue weighted by molar-refractivity contribution is -0.137. The molecule has 3 rings (SSSR count). The van der Waals surface area contributed by atoms with Crippen molar-refractivity contribution in [1.29, 1.82) is 0 Å². The second-order valence-electron chi connectivity index (χ2n) is 6.36. The van der Waals surface area contributed by atoms with E-state index in [0.29, 0.717) is 19.6 Å². The van der Waals surface area contributed by atoms with E-state index in [2.05, 4.69) is 0 Å². The molecule has 2 heterocycles. The maximum absolute atomic E-state index is 13.1. The molecule has 3 amide bonds. The molecule has 23 heavy (non-hydrogen) atoms. The fourth-order valence-electron chi connectivity index (χ4n) is 3.68. The number of amides is 3. The van der Waals surface area contributed by atoms with Crippen molar-refractivity contribution in [1.82, 2.24) is 9.80 Å². The van der Waals surface area contributed by atoms with Gasteiger partial charge in [0.1, 0.15) is 5.82 Å². The van der Waals surface area contributed by atoms with E-state index < -0.39 is 6.03 Å². The van der Waals surface area contributed by atoms with Crippen molar-refractivity contribution in [2.45, 2.75) is 31.7 Å². The lowest BCUT2D eigenvalue weighted by atomic mass is 9.95. The zero-order valence-electron chi connectivity index (χ0n) is 13.1. The molecular weight excluding hydrogens is 297 g/mol. The van der Waals surface area contributed by atoms with Crippen molar-refractivity contribution in [3.05, 3.63) is 35.6 Å². The van der Waals surface area contributed by atoms with Crippen molar-refractivity contribution in [2.75, 3.05) is 19.6 Å². The lowest BCUT2D eigenvalue weighted by Gasteiger charge is -2.35. The second kappa shape index (κ2) is 6.56. The predicted molar refractivity (Wildman–Crippen MR) is 84.0 cm³/mol. The molecule has 2 aliphatic heterocycles. The average molecular weight is 319 g/mol. The topological polar surface area (TPSA) is 66.6 Å². The molecule has 0 unspecified atom stereocenters. The van der Waals surface area contributed by atoms with Gasteiger partial charge in [-0.25, -0.2) is 9.18 Å². The van der Waals surface area contributed by atoms with Gasteiger partial charge in [-0.15, -0.1) is 0 Å². The van der Waals surface area contributed by atoms with Crippen LogP contribution in [0.3, 0.4) is 0 Å². The number of likely N-dealkylation sites (tertiary alicyclic amines) is 2. The largest absolute Gasteiger partial charge is 0.351 e. The van der Waals surface area contributed by atoms with Crippen molar-refractivity contribution >= 4 is 11.9 Å². The number of rotatable bonds is 2. The summed E-state index contributed by atoms with van der Waals surface area (Å²) < 4.78 is 13.1. The summed E-state index contributed by atoms with van der Waals surface area (Å²) in [7, 11) is 0. The Morgan fingerprint density at radius 3 is 2.48 bits per heavy atom. The normalized spacial score (nSPS) is 24.7. The van der Waals surface area contributed by atoms with Gasteiger partial charge in [-0.1, -0.05) is 12.1 Å². The van der Waals surface area contributed by atoms with Crippen LogP contribution in [0.4, 0.5) is 9.18 Å². The predicted octanol–water partition coefficient (Wildman–Crippen LogP) is 2.28. The number of carbonyl (C=O) groups excluding carboxylic acids is 2.